The van der Waals surface area contributed by atoms with Crippen LogP contribution in [0.25, 0.3) is 0 Å². The first-order chi connectivity index (χ1) is 9.11. The van der Waals surface area contributed by atoms with Crippen molar-refractivity contribution in [2.75, 3.05) is 20.7 Å². The molecule has 0 unspecified atom stereocenters. The fourth-order valence-electron chi connectivity index (χ4n) is 2.42. The molecular weight excluding hydrogens is 242 g/mol. The van der Waals surface area contributed by atoms with Crippen LogP contribution >= 0.6 is 0 Å². The summed E-state index contributed by atoms with van der Waals surface area (Å²) in [5, 5.41) is 0. The maximum atomic E-state index is 12.2. The predicted molar refractivity (Wildman–Crippen MR) is 72.1 cm³/mol. The molecule has 4 heteroatoms. The molecule has 0 aromatic heterocycles. The number of carbonyl (C=O) groups is 2. The van der Waals surface area contributed by atoms with E-state index in [-0.39, 0.29) is 12.5 Å². The van der Waals surface area contributed by atoms with Crippen molar-refractivity contribution < 1.29 is 14.3 Å². The molecule has 0 atom stereocenters. The summed E-state index contributed by atoms with van der Waals surface area (Å²) in [4.78, 5) is 24.8. The number of hydrogen-bond acceptors (Lipinski definition) is 3. The molecule has 0 fully saturated rings. The first-order valence-electron chi connectivity index (χ1n) is 6.56. The van der Waals surface area contributed by atoms with Crippen molar-refractivity contribution in [2.24, 2.45) is 0 Å². The number of amides is 1. The standard InChI is InChI=1S/C15H19NO3/c1-16(10-14(17)19-2)15(18)13-8-7-11-5-3-4-6-12(11)9-13/h7-9H,3-6,10H2,1-2H3. The number of likely N-dealkylation sites (N-methyl/N-ethyl adjacent to an activating group) is 1. The highest BCUT2D eigenvalue weighted by Gasteiger charge is 2.17. The molecule has 0 heterocycles. The molecule has 1 aliphatic rings. The molecule has 4 nitrogen and oxygen atoms in total. The Bertz CT molecular complexity index is 496. The van der Waals surface area contributed by atoms with Gasteiger partial charge in [0.2, 0.25) is 0 Å². The van der Waals surface area contributed by atoms with E-state index in [0.29, 0.717) is 5.56 Å². The monoisotopic (exact) mass is 261 g/mol. The molecule has 1 aromatic rings. The van der Waals surface area contributed by atoms with Gasteiger partial charge in [0, 0.05) is 12.6 Å². The van der Waals surface area contributed by atoms with Gasteiger partial charge in [-0.2, -0.15) is 0 Å². The second-order valence-electron chi connectivity index (χ2n) is 4.93. The van der Waals surface area contributed by atoms with Gasteiger partial charge >= 0.3 is 5.97 Å². The van der Waals surface area contributed by atoms with E-state index in [1.165, 1.54) is 36.0 Å². The highest BCUT2D eigenvalue weighted by atomic mass is 16.5. The molecule has 2 rings (SSSR count). The van der Waals surface area contributed by atoms with Crippen LogP contribution in [0.4, 0.5) is 0 Å². The van der Waals surface area contributed by atoms with E-state index < -0.39 is 5.97 Å². The third kappa shape index (κ3) is 3.13. The van der Waals surface area contributed by atoms with Crippen molar-refractivity contribution in [1.29, 1.82) is 0 Å². The minimum Gasteiger partial charge on any atom is -0.468 e. The smallest absolute Gasteiger partial charge is 0.325 e. The summed E-state index contributed by atoms with van der Waals surface area (Å²) in [6, 6.07) is 5.85. The highest BCUT2D eigenvalue weighted by Crippen LogP contribution is 2.22. The topological polar surface area (TPSA) is 46.6 Å². The van der Waals surface area contributed by atoms with E-state index in [2.05, 4.69) is 4.74 Å². The Labute approximate surface area is 113 Å². The fraction of sp³-hybridized carbons (Fsp3) is 0.467. The van der Waals surface area contributed by atoms with Gasteiger partial charge < -0.3 is 9.64 Å². The third-order valence-electron chi connectivity index (χ3n) is 3.54. The summed E-state index contributed by atoms with van der Waals surface area (Å²) in [7, 11) is 2.93. The fourth-order valence-corrected chi connectivity index (χ4v) is 2.42. The summed E-state index contributed by atoms with van der Waals surface area (Å²) in [5.41, 5.74) is 3.26. The summed E-state index contributed by atoms with van der Waals surface area (Å²) >= 11 is 0. The zero-order valence-electron chi connectivity index (χ0n) is 11.4. The normalized spacial score (nSPS) is 13.6. The number of methoxy groups -OCH3 is 1. The van der Waals surface area contributed by atoms with Crippen LogP contribution in [0, 0.1) is 0 Å². The van der Waals surface area contributed by atoms with Crippen LogP contribution < -0.4 is 0 Å². The largest absolute Gasteiger partial charge is 0.468 e. The van der Waals surface area contributed by atoms with E-state index in [0.717, 1.165) is 12.8 Å². The van der Waals surface area contributed by atoms with E-state index in [1.54, 1.807) is 7.05 Å². The third-order valence-corrected chi connectivity index (χ3v) is 3.54. The van der Waals surface area contributed by atoms with Crippen LogP contribution in [0.1, 0.15) is 34.3 Å². The Balaban J connectivity index is 2.12. The van der Waals surface area contributed by atoms with E-state index in [4.69, 9.17) is 0 Å². The van der Waals surface area contributed by atoms with Gasteiger partial charge in [-0.3, -0.25) is 9.59 Å². The summed E-state index contributed by atoms with van der Waals surface area (Å²) in [6.45, 7) is -0.0214. The molecule has 102 valence electrons. The number of aryl methyl sites for hydroxylation is 2. The molecule has 1 aliphatic carbocycles. The Morgan fingerprint density at radius 3 is 2.58 bits per heavy atom. The maximum Gasteiger partial charge on any atom is 0.325 e. The molecule has 0 N–H and O–H groups in total. The molecule has 0 aliphatic heterocycles. The van der Waals surface area contributed by atoms with Crippen molar-refractivity contribution in [2.45, 2.75) is 25.7 Å². The van der Waals surface area contributed by atoms with Crippen LogP contribution in [-0.2, 0) is 22.4 Å². The van der Waals surface area contributed by atoms with Crippen molar-refractivity contribution in [3.8, 4) is 0 Å². The number of ether oxygens (including phenoxy) is 1. The van der Waals surface area contributed by atoms with Gasteiger partial charge in [0.25, 0.3) is 5.91 Å². The van der Waals surface area contributed by atoms with Gasteiger partial charge in [-0.1, -0.05) is 6.07 Å². The maximum absolute atomic E-state index is 12.2. The van der Waals surface area contributed by atoms with Gasteiger partial charge in [-0.05, 0) is 48.9 Å². The zero-order valence-corrected chi connectivity index (χ0v) is 11.4. The number of carbonyl (C=O) groups excluding carboxylic acids is 2. The van der Waals surface area contributed by atoms with Gasteiger partial charge in [0.1, 0.15) is 6.54 Å². The number of benzene rings is 1. The second kappa shape index (κ2) is 5.87. The minimum atomic E-state index is -0.409. The molecule has 0 saturated carbocycles. The molecular formula is C15H19NO3. The number of fused-ring (bicyclic) bond motifs is 1. The first-order valence-corrected chi connectivity index (χ1v) is 6.56. The van der Waals surface area contributed by atoms with E-state index >= 15 is 0 Å². The lowest BCUT2D eigenvalue weighted by atomic mass is 9.90. The van der Waals surface area contributed by atoms with Gasteiger partial charge in [0.05, 0.1) is 7.11 Å². The molecule has 1 aromatic carbocycles. The molecule has 0 spiro atoms. The molecule has 0 saturated heterocycles. The average molecular weight is 261 g/mol. The summed E-state index contributed by atoms with van der Waals surface area (Å²) in [6.07, 6.45) is 4.55. The zero-order chi connectivity index (χ0) is 13.8. The van der Waals surface area contributed by atoms with Crippen molar-refractivity contribution in [1.82, 2.24) is 4.90 Å². The lowest BCUT2D eigenvalue weighted by Gasteiger charge is -2.19. The van der Waals surface area contributed by atoms with Crippen LogP contribution in [0.5, 0.6) is 0 Å². The lowest BCUT2D eigenvalue weighted by molar-refractivity contribution is -0.141. The predicted octanol–water partition coefficient (Wildman–Crippen LogP) is 1.81. The van der Waals surface area contributed by atoms with Crippen molar-refractivity contribution in [3.05, 3.63) is 34.9 Å². The molecule has 0 bridgehead atoms. The van der Waals surface area contributed by atoms with Gasteiger partial charge in [0.15, 0.2) is 0 Å². The highest BCUT2D eigenvalue weighted by molar-refractivity contribution is 5.96. The first kappa shape index (κ1) is 13.6. The van der Waals surface area contributed by atoms with E-state index in [1.807, 2.05) is 18.2 Å². The molecule has 19 heavy (non-hydrogen) atoms. The Hall–Kier alpha value is -1.84. The Morgan fingerprint density at radius 1 is 1.21 bits per heavy atom. The number of nitrogens with zero attached hydrogens (tertiary/aromatic N) is 1. The van der Waals surface area contributed by atoms with Crippen LogP contribution in [0.2, 0.25) is 0 Å². The van der Waals surface area contributed by atoms with Crippen LogP contribution in [-0.4, -0.2) is 37.5 Å². The SMILES string of the molecule is COC(=O)CN(C)C(=O)c1ccc2c(c1)CCCC2. The van der Waals surface area contributed by atoms with Crippen LogP contribution in [0.15, 0.2) is 18.2 Å². The Kier molecular flexibility index (Phi) is 4.20. The van der Waals surface area contributed by atoms with Crippen molar-refractivity contribution >= 4 is 11.9 Å². The van der Waals surface area contributed by atoms with Gasteiger partial charge in [-0.25, -0.2) is 0 Å². The van der Waals surface area contributed by atoms with Gasteiger partial charge in [-0.15, -0.1) is 0 Å². The van der Waals surface area contributed by atoms with Crippen LogP contribution in [0.3, 0.4) is 0 Å². The minimum absolute atomic E-state index is 0.0214. The Morgan fingerprint density at radius 2 is 1.89 bits per heavy atom. The molecule has 1 amide bonds. The lowest BCUT2D eigenvalue weighted by Crippen LogP contribution is -2.32. The number of rotatable bonds is 3. The average Bonchev–Trinajstić information content (AvgIpc) is 2.45. The second-order valence-corrected chi connectivity index (χ2v) is 4.93. The van der Waals surface area contributed by atoms with E-state index in [9.17, 15) is 9.59 Å². The quantitative estimate of drug-likeness (QED) is 0.780. The number of esters is 1. The molecule has 0 radical (unpaired) electrons. The number of hydrogen-bond donors (Lipinski definition) is 0. The van der Waals surface area contributed by atoms with Crippen molar-refractivity contribution in [3.63, 3.8) is 0 Å². The summed E-state index contributed by atoms with van der Waals surface area (Å²) < 4.78 is 4.56. The summed E-state index contributed by atoms with van der Waals surface area (Å²) in [5.74, 6) is -0.549.